The van der Waals surface area contributed by atoms with Gasteiger partial charge in [-0.25, -0.2) is 0 Å². The van der Waals surface area contributed by atoms with E-state index in [0.717, 1.165) is 12.1 Å². The zero-order valence-electron chi connectivity index (χ0n) is 10.4. The summed E-state index contributed by atoms with van der Waals surface area (Å²) in [6.45, 7) is 1.25. The molecule has 1 saturated heterocycles. The summed E-state index contributed by atoms with van der Waals surface area (Å²) in [5.74, 6) is 0.604. The Kier molecular flexibility index (Phi) is 4.09. The molecule has 0 saturated carbocycles. The number of benzene rings is 1. The summed E-state index contributed by atoms with van der Waals surface area (Å²) in [6.07, 6.45) is 0.960. The van der Waals surface area contributed by atoms with Gasteiger partial charge in [-0.05, 0) is 24.6 Å². The van der Waals surface area contributed by atoms with Crippen LogP contribution in [0.3, 0.4) is 0 Å². The minimum Gasteiger partial charge on any atom is -0.479 e. The Morgan fingerprint density at radius 1 is 1.56 bits per heavy atom. The number of rotatable bonds is 4. The fourth-order valence-corrected chi connectivity index (χ4v) is 2.32. The van der Waals surface area contributed by atoms with Crippen LogP contribution in [0.2, 0.25) is 5.02 Å². The number of nitrogens with two attached hydrogens (primary N) is 1. The van der Waals surface area contributed by atoms with Gasteiger partial charge >= 0.3 is 0 Å². The van der Waals surface area contributed by atoms with Gasteiger partial charge in [-0.2, -0.15) is 0 Å². The minimum absolute atomic E-state index is 0.00798. The van der Waals surface area contributed by atoms with Gasteiger partial charge in [-0.3, -0.25) is 4.79 Å². The lowest BCUT2D eigenvalue weighted by Crippen LogP contribution is -2.29. The molecule has 1 aromatic rings. The van der Waals surface area contributed by atoms with Crippen LogP contribution in [0.1, 0.15) is 12.0 Å². The summed E-state index contributed by atoms with van der Waals surface area (Å²) < 4.78 is 5.79. The van der Waals surface area contributed by atoms with Crippen LogP contribution in [-0.2, 0) is 11.2 Å². The lowest BCUT2D eigenvalue weighted by atomic mass is 10.1. The topological polar surface area (TPSA) is 55.6 Å². The molecule has 1 amide bonds. The highest BCUT2D eigenvalue weighted by Crippen LogP contribution is 2.31. The molecule has 5 heteroatoms. The first-order valence-electron chi connectivity index (χ1n) is 6.02. The van der Waals surface area contributed by atoms with Crippen LogP contribution in [0.4, 0.5) is 0 Å². The number of amides is 1. The van der Waals surface area contributed by atoms with Crippen LogP contribution >= 0.6 is 11.6 Å². The molecule has 0 spiro atoms. The number of likely N-dealkylation sites (tertiary alicyclic amines) is 1. The molecule has 0 aromatic heterocycles. The molecule has 1 atom stereocenters. The third-order valence-corrected chi connectivity index (χ3v) is 3.40. The van der Waals surface area contributed by atoms with E-state index >= 15 is 0 Å². The summed E-state index contributed by atoms with van der Waals surface area (Å²) in [4.78, 5) is 13.5. The third kappa shape index (κ3) is 2.60. The van der Waals surface area contributed by atoms with E-state index in [-0.39, 0.29) is 5.91 Å². The van der Waals surface area contributed by atoms with Crippen LogP contribution in [0.25, 0.3) is 0 Å². The standard InChI is InChI=1S/C13H17ClN2O2/c1-16-8-6-11(13(16)17)18-12-9(5-7-15)3-2-4-10(12)14/h2-4,11H,5-8,15H2,1H3. The van der Waals surface area contributed by atoms with E-state index in [0.29, 0.717) is 30.2 Å². The van der Waals surface area contributed by atoms with Gasteiger partial charge in [0.15, 0.2) is 6.10 Å². The van der Waals surface area contributed by atoms with Gasteiger partial charge in [0.2, 0.25) is 0 Å². The number of likely N-dealkylation sites (N-methyl/N-ethyl adjacent to an activating group) is 1. The predicted molar refractivity (Wildman–Crippen MR) is 70.9 cm³/mol. The van der Waals surface area contributed by atoms with E-state index in [1.807, 2.05) is 12.1 Å². The molecular formula is C13H17ClN2O2. The number of hydrogen-bond donors (Lipinski definition) is 1. The molecular weight excluding hydrogens is 252 g/mol. The number of para-hydroxylation sites is 1. The van der Waals surface area contributed by atoms with Crippen molar-refractivity contribution < 1.29 is 9.53 Å². The Labute approximate surface area is 112 Å². The predicted octanol–water partition coefficient (Wildman–Crippen LogP) is 1.45. The number of carbonyl (C=O) groups is 1. The summed E-state index contributed by atoms with van der Waals surface area (Å²) in [5, 5.41) is 0.531. The molecule has 1 aliphatic heterocycles. The van der Waals surface area contributed by atoms with E-state index < -0.39 is 6.10 Å². The van der Waals surface area contributed by atoms with Gasteiger partial charge in [-0.15, -0.1) is 0 Å². The fraction of sp³-hybridized carbons (Fsp3) is 0.462. The maximum Gasteiger partial charge on any atom is 0.263 e. The van der Waals surface area contributed by atoms with Crippen molar-refractivity contribution in [2.45, 2.75) is 18.9 Å². The lowest BCUT2D eigenvalue weighted by Gasteiger charge is -2.17. The Bertz CT molecular complexity index is 451. The van der Waals surface area contributed by atoms with Gasteiger partial charge in [0, 0.05) is 20.0 Å². The summed E-state index contributed by atoms with van der Waals surface area (Å²) in [6, 6.07) is 5.56. The van der Waals surface area contributed by atoms with E-state index in [4.69, 9.17) is 22.1 Å². The number of halogens is 1. The van der Waals surface area contributed by atoms with Gasteiger partial charge < -0.3 is 15.4 Å². The lowest BCUT2D eigenvalue weighted by molar-refractivity contribution is -0.132. The smallest absolute Gasteiger partial charge is 0.263 e. The quantitative estimate of drug-likeness (QED) is 0.899. The second-order valence-corrected chi connectivity index (χ2v) is 4.83. The molecule has 1 unspecified atom stereocenters. The third-order valence-electron chi connectivity index (χ3n) is 3.10. The second kappa shape index (κ2) is 5.59. The highest BCUT2D eigenvalue weighted by atomic mass is 35.5. The van der Waals surface area contributed by atoms with E-state index in [2.05, 4.69) is 0 Å². The van der Waals surface area contributed by atoms with Crippen molar-refractivity contribution in [3.05, 3.63) is 28.8 Å². The molecule has 98 valence electrons. The summed E-state index contributed by atoms with van der Waals surface area (Å²) in [5.41, 5.74) is 6.51. The molecule has 1 aromatic carbocycles. The highest BCUT2D eigenvalue weighted by Gasteiger charge is 2.31. The van der Waals surface area contributed by atoms with Crippen LogP contribution < -0.4 is 10.5 Å². The van der Waals surface area contributed by atoms with Crippen LogP contribution in [-0.4, -0.2) is 37.0 Å². The number of ether oxygens (including phenoxy) is 1. The van der Waals surface area contributed by atoms with Crippen molar-refractivity contribution in [3.63, 3.8) is 0 Å². The van der Waals surface area contributed by atoms with Crippen LogP contribution in [0.5, 0.6) is 5.75 Å². The zero-order valence-corrected chi connectivity index (χ0v) is 11.1. The maximum absolute atomic E-state index is 11.8. The molecule has 1 fully saturated rings. The Morgan fingerprint density at radius 2 is 2.33 bits per heavy atom. The minimum atomic E-state index is -0.425. The van der Waals surface area contributed by atoms with Crippen molar-refractivity contribution in [2.75, 3.05) is 20.1 Å². The first kappa shape index (κ1) is 13.2. The summed E-state index contributed by atoms with van der Waals surface area (Å²) >= 11 is 6.14. The molecule has 2 N–H and O–H groups in total. The van der Waals surface area contributed by atoms with Crippen molar-refractivity contribution >= 4 is 17.5 Å². The molecule has 1 aliphatic rings. The molecule has 0 aliphatic carbocycles. The largest absolute Gasteiger partial charge is 0.479 e. The highest BCUT2D eigenvalue weighted by molar-refractivity contribution is 6.32. The van der Waals surface area contributed by atoms with Crippen molar-refractivity contribution in [1.82, 2.24) is 4.90 Å². The maximum atomic E-state index is 11.8. The number of carbonyl (C=O) groups excluding carboxylic acids is 1. The van der Waals surface area contributed by atoms with E-state index in [1.165, 1.54) is 0 Å². The van der Waals surface area contributed by atoms with Gasteiger partial charge in [0.25, 0.3) is 5.91 Å². The zero-order chi connectivity index (χ0) is 13.1. The normalized spacial score (nSPS) is 19.4. The van der Waals surface area contributed by atoms with Gasteiger partial charge in [0.05, 0.1) is 5.02 Å². The molecule has 0 bridgehead atoms. The van der Waals surface area contributed by atoms with E-state index in [9.17, 15) is 4.79 Å². The average Bonchev–Trinajstić information content (AvgIpc) is 2.65. The molecule has 4 nitrogen and oxygen atoms in total. The number of nitrogens with zero attached hydrogens (tertiary/aromatic N) is 1. The van der Waals surface area contributed by atoms with E-state index in [1.54, 1.807) is 18.0 Å². The first-order chi connectivity index (χ1) is 8.63. The molecule has 1 heterocycles. The Hall–Kier alpha value is -1.26. The molecule has 0 radical (unpaired) electrons. The number of hydrogen-bond acceptors (Lipinski definition) is 3. The molecule has 18 heavy (non-hydrogen) atoms. The van der Waals surface area contributed by atoms with Crippen LogP contribution in [0, 0.1) is 0 Å². The summed E-state index contributed by atoms with van der Waals surface area (Å²) in [7, 11) is 1.78. The Balaban J connectivity index is 2.20. The SMILES string of the molecule is CN1CCC(Oc2c(Cl)cccc2CCN)C1=O. The molecule has 2 rings (SSSR count). The van der Waals surface area contributed by atoms with Crippen LogP contribution in [0.15, 0.2) is 18.2 Å². The second-order valence-electron chi connectivity index (χ2n) is 4.42. The average molecular weight is 269 g/mol. The van der Waals surface area contributed by atoms with Crippen molar-refractivity contribution in [3.8, 4) is 5.75 Å². The monoisotopic (exact) mass is 268 g/mol. The Morgan fingerprint density at radius 3 is 2.94 bits per heavy atom. The first-order valence-corrected chi connectivity index (χ1v) is 6.40. The van der Waals surface area contributed by atoms with Crippen molar-refractivity contribution in [1.29, 1.82) is 0 Å². The van der Waals surface area contributed by atoms with Gasteiger partial charge in [0.1, 0.15) is 5.75 Å². The van der Waals surface area contributed by atoms with Gasteiger partial charge in [-0.1, -0.05) is 23.7 Å². The fourth-order valence-electron chi connectivity index (χ4n) is 2.08. The van der Waals surface area contributed by atoms with Crippen molar-refractivity contribution in [2.24, 2.45) is 5.73 Å².